The molecule has 1 aromatic rings. The average molecular weight is 347 g/mol. The molecule has 0 bridgehead atoms. The molecule has 1 rings (SSSR count). The van der Waals surface area contributed by atoms with E-state index in [1.807, 2.05) is 7.05 Å². The molecule has 0 saturated heterocycles. The minimum Gasteiger partial charge on any atom is -0.478 e. The van der Waals surface area contributed by atoms with Gasteiger partial charge in [-0.15, -0.1) is 0 Å². The van der Waals surface area contributed by atoms with Crippen molar-refractivity contribution in [1.29, 1.82) is 0 Å². The van der Waals surface area contributed by atoms with E-state index in [0.717, 1.165) is 13.0 Å². The Morgan fingerprint density at radius 3 is 2.75 bits per heavy atom. The third-order valence-electron chi connectivity index (χ3n) is 3.44. The SMILES string of the molecule is CCC(C)N(C)CCNc1ccc(C(=O)O)c(Br)c1F. The van der Waals surface area contributed by atoms with Gasteiger partial charge in [0.25, 0.3) is 0 Å². The molecule has 0 saturated carbocycles. The van der Waals surface area contributed by atoms with Gasteiger partial charge in [0.2, 0.25) is 0 Å². The van der Waals surface area contributed by atoms with Gasteiger partial charge in [-0.2, -0.15) is 0 Å². The van der Waals surface area contributed by atoms with Crippen molar-refractivity contribution >= 4 is 27.6 Å². The minimum absolute atomic E-state index is 0.0229. The number of rotatable bonds is 7. The van der Waals surface area contributed by atoms with E-state index in [4.69, 9.17) is 5.11 Å². The second-order valence-electron chi connectivity index (χ2n) is 4.76. The normalized spacial score (nSPS) is 12.5. The van der Waals surface area contributed by atoms with Crippen LogP contribution in [0.1, 0.15) is 30.6 Å². The first kappa shape index (κ1) is 16.9. The number of hydrogen-bond donors (Lipinski definition) is 2. The van der Waals surface area contributed by atoms with E-state index in [1.54, 1.807) is 0 Å². The molecule has 0 radical (unpaired) electrons. The number of carboxylic acids is 1. The largest absolute Gasteiger partial charge is 0.478 e. The predicted octanol–water partition coefficient (Wildman–Crippen LogP) is 3.43. The van der Waals surface area contributed by atoms with E-state index in [0.29, 0.717) is 18.3 Å². The summed E-state index contributed by atoms with van der Waals surface area (Å²) in [4.78, 5) is 13.1. The Hall–Kier alpha value is -1.14. The Morgan fingerprint density at radius 2 is 2.20 bits per heavy atom. The van der Waals surface area contributed by atoms with Crippen molar-refractivity contribution in [2.45, 2.75) is 26.3 Å². The molecule has 1 unspecified atom stereocenters. The summed E-state index contributed by atoms with van der Waals surface area (Å²) in [5.74, 6) is -1.73. The van der Waals surface area contributed by atoms with Crippen LogP contribution in [0.15, 0.2) is 16.6 Å². The molecule has 0 amide bonds. The third-order valence-corrected chi connectivity index (χ3v) is 4.21. The van der Waals surface area contributed by atoms with Crippen LogP contribution in [0.3, 0.4) is 0 Å². The molecule has 0 heterocycles. The number of carboxylic acid groups (broad SMARTS) is 1. The summed E-state index contributed by atoms with van der Waals surface area (Å²) in [6.45, 7) is 5.64. The molecule has 4 nitrogen and oxygen atoms in total. The summed E-state index contributed by atoms with van der Waals surface area (Å²) in [5, 5.41) is 11.9. The Morgan fingerprint density at radius 1 is 1.55 bits per heavy atom. The van der Waals surface area contributed by atoms with Crippen LogP contribution < -0.4 is 5.32 Å². The smallest absolute Gasteiger partial charge is 0.336 e. The van der Waals surface area contributed by atoms with Crippen LogP contribution in [0.2, 0.25) is 0 Å². The number of carbonyl (C=O) groups is 1. The Bertz CT molecular complexity index is 482. The van der Waals surface area contributed by atoms with Crippen molar-refractivity contribution in [2.24, 2.45) is 0 Å². The summed E-state index contributed by atoms with van der Waals surface area (Å²) in [6, 6.07) is 3.31. The number of nitrogens with one attached hydrogen (secondary N) is 1. The molecule has 0 aromatic heterocycles. The lowest BCUT2D eigenvalue weighted by Crippen LogP contribution is -2.32. The molecule has 0 spiro atoms. The lowest BCUT2D eigenvalue weighted by molar-refractivity contribution is 0.0695. The van der Waals surface area contributed by atoms with E-state index in [1.165, 1.54) is 12.1 Å². The number of hydrogen-bond acceptors (Lipinski definition) is 3. The van der Waals surface area contributed by atoms with Crippen molar-refractivity contribution in [2.75, 3.05) is 25.5 Å². The number of likely N-dealkylation sites (N-methyl/N-ethyl adjacent to an activating group) is 1. The van der Waals surface area contributed by atoms with Gasteiger partial charge in [0.1, 0.15) is 0 Å². The second-order valence-corrected chi connectivity index (χ2v) is 5.55. The van der Waals surface area contributed by atoms with Crippen LogP contribution in [0.25, 0.3) is 0 Å². The van der Waals surface area contributed by atoms with Crippen molar-refractivity contribution in [3.8, 4) is 0 Å². The van der Waals surface area contributed by atoms with Crippen LogP contribution in [0.5, 0.6) is 0 Å². The molecular formula is C14H20BrFN2O2. The van der Waals surface area contributed by atoms with Gasteiger partial charge in [0, 0.05) is 19.1 Å². The third kappa shape index (κ3) is 4.18. The first-order chi connectivity index (χ1) is 9.38. The molecule has 1 aromatic carbocycles. The highest BCUT2D eigenvalue weighted by Crippen LogP contribution is 2.27. The fraction of sp³-hybridized carbons (Fsp3) is 0.500. The molecule has 20 heavy (non-hydrogen) atoms. The quantitative estimate of drug-likeness (QED) is 0.794. The highest BCUT2D eigenvalue weighted by Gasteiger charge is 2.15. The number of anilines is 1. The zero-order valence-electron chi connectivity index (χ0n) is 11.9. The molecule has 2 N–H and O–H groups in total. The van der Waals surface area contributed by atoms with E-state index in [9.17, 15) is 9.18 Å². The summed E-state index contributed by atoms with van der Waals surface area (Å²) >= 11 is 2.98. The highest BCUT2D eigenvalue weighted by molar-refractivity contribution is 9.10. The van der Waals surface area contributed by atoms with Gasteiger partial charge in [-0.3, -0.25) is 0 Å². The van der Waals surface area contributed by atoms with Gasteiger partial charge in [0.15, 0.2) is 5.82 Å². The molecule has 0 aliphatic rings. The first-order valence-electron chi connectivity index (χ1n) is 6.53. The summed E-state index contributed by atoms with van der Waals surface area (Å²) in [7, 11) is 2.02. The zero-order valence-corrected chi connectivity index (χ0v) is 13.5. The monoisotopic (exact) mass is 346 g/mol. The Labute approximate surface area is 127 Å². The topological polar surface area (TPSA) is 52.6 Å². The molecule has 6 heteroatoms. The van der Waals surface area contributed by atoms with Crippen molar-refractivity contribution < 1.29 is 14.3 Å². The summed E-state index contributed by atoms with van der Waals surface area (Å²) in [6.07, 6.45) is 1.06. The summed E-state index contributed by atoms with van der Waals surface area (Å²) in [5.41, 5.74) is 0.226. The molecule has 0 fully saturated rings. The molecule has 0 aliphatic heterocycles. The second kappa shape index (κ2) is 7.59. The number of benzene rings is 1. The fourth-order valence-electron chi connectivity index (χ4n) is 1.75. The van der Waals surface area contributed by atoms with Crippen LogP contribution in [0, 0.1) is 5.82 Å². The van der Waals surface area contributed by atoms with Gasteiger partial charge < -0.3 is 15.3 Å². The maximum absolute atomic E-state index is 14.0. The Kier molecular flexibility index (Phi) is 6.42. The maximum Gasteiger partial charge on any atom is 0.336 e. The van der Waals surface area contributed by atoms with E-state index >= 15 is 0 Å². The highest BCUT2D eigenvalue weighted by atomic mass is 79.9. The van der Waals surface area contributed by atoms with E-state index in [2.05, 4.69) is 40.0 Å². The van der Waals surface area contributed by atoms with E-state index in [-0.39, 0.29) is 10.0 Å². The predicted molar refractivity (Wildman–Crippen MR) is 81.9 cm³/mol. The van der Waals surface area contributed by atoms with Gasteiger partial charge >= 0.3 is 5.97 Å². The maximum atomic E-state index is 14.0. The zero-order chi connectivity index (χ0) is 15.3. The van der Waals surface area contributed by atoms with Crippen molar-refractivity contribution in [3.05, 3.63) is 28.0 Å². The molecule has 112 valence electrons. The van der Waals surface area contributed by atoms with Gasteiger partial charge in [-0.05, 0) is 48.5 Å². The van der Waals surface area contributed by atoms with Gasteiger partial charge in [-0.1, -0.05) is 6.92 Å². The van der Waals surface area contributed by atoms with Crippen LogP contribution in [0.4, 0.5) is 10.1 Å². The first-order valence-corrected chi connectivity index (χ1v) is 7.33. The minimum atomic E-state index is -1.15. The average Bonchev–Trinajstić information content (AvgIpc) is 2.42. The number of halogens is 2. The van der Waals surface area contributed by atoms with Gasteiger partial charge in [-0.25, -0.2) is 9.18 Å². The van der Waals surface area contributed by atoms with Crippen LogP contribution in [-0.4, -0.2) is 42.2 Å². The molecule has 1 atom stereocenters. The standard InChI is InChI=1S/C14H20BrFN2O2/c1-4-9(2)18(3)8-7-17-11-6-5-10(14(19)20)12(15)13(11)16/h5-6,9,17H,4,7-8H2,1-3H3,(H,19,20). The number of aromatic carboxylic acids is 1. The number of nitrogens with zero attached hydrogens (tertiary/aromatic N) is 1. The van der Waals surface area contributed by atoms with Crippen molar-refractivity contribution in [1.82, 2.24) is 4.90 Å². The van der Waals surface area contributed by atoms with Crippen LogP contribution in [-0.2, 0) is 0 Å². The van der Waals surface area contributed by atoms with Crippen molar-refractivity contribution in [3.63, 3.8) is 0 Å². The molecular weight excluding hydrogens is 327 g/mol. The molecule has 0 aliphatic carbocycles. The summed E-state index contributed by atoms with van der Waals surface area (Å²) < 4.78 is 14.0. The fourth-order valence-corrected chi connectivity index (χ4v) is 2.27. The Balaban J connectivity index is 2.66. The van der Waals surface area contributed by atoms with Gasteiger partial charge in [0.05, 0.1) is 15.7 Å². The van der Waals surface area contributed by atoms with Crippen LogP contribution >= 0.6 is 15.9 Å². The lowest BCUT2D eigenvalue weighted by Gasteiger charge is -2.23. The van der Waals surface area contributed by atoms with E-state index < -0.39 is 11.8 Å². The lowest BCUT2D eigenvalue weighted by atomic mass is 10.2.